The molecule has 19 heavy (non-hydrogen) atoms. The molecule has 0 radical (unpaired) electrons. The number of benzene rings is 1. The predicted molar refractivity (Wildman–Crippen MR) is 79.1 cm³/mol. The van der Waals surface area contributed by atoms with Gasteiger partial charge in [0.05, 0.1) is 12.4 Å². The lowest BCUT2D eigenvalue weighted by molar-refractivity contribution is 0.600. The van der Waals surface area contributed by atoms with Gasteiger partial charge in [-0.1, -0.05) is 0 Å². The van der Waals surface area contributed by atoms with Crippen LogP contribution < -0.4 is 10.5 Å². The van der Waals surface area contributed by atoms with E-state index in [-0.39, 0.29) is 10.7 Å². The summed E-state index contributed by atoms with van der Waals surface area (Å²) in [5.74, 6) is 0.123. The summed E-state index contributed by atoms with van der Waals surface area (Å²) in [6, 6.07) is 4.53. The molecule has 1 heterocycles. The molecule has 6 nitrogen and oxygen atoms in total. The molecule has 0 saturated carbocycles. The molecule has 2 rings (SSSR count). The van der Waals surface area contributed by atoms with Crippen LogP contribution in [-0.2, 0) is 10.0 Å². The topological polar surface area (TPSA) is 98.0 Å². The molecule has 0 bridgehead atoms. The number of nitrogens with two attached hydrogens (primary N) is 1. The molecule has 100 valence electrons. The van der Waals surface area contributed by atoms with Crippen LogP contribution in [-0.4, -0.2) is 18.4 Å². The van der Waals surface area contributed by atoms with E-state index in [1.165, 1.54) is 18.5 Å². The Labute approximate surface area is 126 Å². The maximum absolute atomic E-state index is 12.2. The summed E-state index contributed by atoms with van der Waals surface area (Å²) in [6.45, 7) is 0. The number of nitrogen functional groups attached to an aromatic ring is 1. The Kier molecular flexibility index (Phi) is 4.07. The number of halogens is 2. The molecule has 2 aromatic rings. The van der Waals surface area contributed by atoms with Gasteiger partial charge < -0.3 is 5.73 Å². The molecule has 0 aliphatic rings. The van der Waals surface area contributed by atoms with Crippen molar-refractivity contribution in [2.24, 2.45) is 0 Å². The minimum atomic E-state index is -3.77. The Morgan fingerprint density at radius 3 is 2.53 bits per heavy atom. The standard InChI is InChI=1S/C10H8Br2N4O2S/c11-7-2-1-6(13)3-8(7)19(17,18)16-10-5-14-9(12)4-15-10/h1-5H,13H2,(H,15,16). The first kappa shape index (κ1) is 14.2. The van der Waals surface area contributed by atoms with Crippen LogP contribution in [0.4, 0.5) is 11.5 Å². The number of nitrogens with zero attached hydrogens (tertiary/aromatic N) is 2. The molecule has 0 unspecified atom stereocenters. The maximum Gasteiger partial charge on any atom is 0.264 e. The smallest absolute Gasteiger partial charge is 0.264 e. The van der Waals surface area contributed by atoms with E-state index in [1.54, 1.807) is 12.1 Å². The third-order valence-electron chi connectivity index (χ3n) is 2.10. The Bertz CT molecular complexity index is 704. The van der Waals surface area contributed by atoms with Crippen LogP contribution in [0.5, 0.6) is 0 Å². The van der Waals surface area contributed by atoms with Crippen LogP contribution in [0.25, 0.3) is 0 Å². The molecule has 0 aliphatic carbocycles. The van der Waals surface area contributed by atoms with Gasteiger partial charge in [-0.25, -0.2) is 18.4 Å². The molecule has 0 aliphatic heterocycles. The second-order valence-corrected chi connectivity index (χ2v) is 6.84. The second kappa shape index (κ2) is 5.43. The van der Waals surface area contributed by atoms with Crippen LogP contribution in [0.15, 0.2) is 44.6 Å². The number of rotatable bonds is 3. The van der Waals surface area contributed by atoms with E-state index in [1.807, 2.05) is 0 Å². The van der Waals surface area contributed by atoms with Crippen LogP contribution in [0.3, 0.4) is 0 Å². The first-order chi connectivity index (χ1) is 8.88. The monoisotopic (exact) mass is 406 g/mol. The average molecular weight is 408 g/mol. The van der Waals surface area contributed by atoms with Crippen molar-refractivity contribution in [1.29, 1.82) is 0 Å². The number of nitrogens with one attached hydrogen (secondary N) is 1. The highest BCUT2D eigenvalue weighted by Crippen LogP contribution is 2.25. The summed E-state index contributed by atoms with van der Waals surface area (Å²) < 4.78 is 27.6. The quantitative estimate of drug-likeness (QED) is 0.761. The Hall–Kier alpha value is -1.19. The molecule has 3 N–H and O–H groups in total. The lowest BCUT2D eigenvalue weighted by atomic mass is 10.3. The zero-order valence-electron chi connectivity index (χ0n) is 9.34. The summed E-state index contributed by atoms with van der Waals surface area (Å²) in [7, 11) is -3.77. The molecule has 0 spiro atoms. The number of sulfonamides is 1. The van der Waals surface area contributed by atoms with Crippen molar-refractivity contribution in [1.82, 2.24) is 9.97 Å². The van der Waals surface area contributed by atoms with Gasteiger partial charge in [-0.05, 0) is 50.1 Å². The fourth-order valence-corrected chi connectivity index (χ4v) is 3.48. The summed E-state index contributed by atoms with van der Waals surface area (Å²) >= 11 is 6.29. The number of anilines is 2. The zero-order chi connectivity index (χ0) is 14.0. The largest absolute Gasteiger partial charge is 0.399 e. The van der Waals surface area contributed by atoms with Crippen molar-refractivity contribution in [3.05, 3.63) is 39.7 Å². The van der Waals surface area contributed by atoms with E-state index in [0.717, 1.165) is 0 Å². The van der Waals surface area contributed by atoms with Crippen molar-refractivity contribution in [3.63, 3.8) is 0 Å². The van der Waals surface area contributed by atoms with Gasteiger partial charge >= 0.3 is 0 Å². The molecule has 9 heteroatoms. The van der Waals surface area contributed by atoms with Gasteiger partial charge in [-0.2, -0.15) is 0 Å². The van der Waals surface area contributed by atoms with E-state index in [4.69, 9.17) is 5.73 Å². The van der Waals surface area contributed by atoms with Crippen LogP contribution in [0, 0.1) is 0 Å². The number of hydrogen-bond acceptors (Lipinski definition) is 5. The third kappa shape index (κ3) is 3.43. The molecular formula is C10H8Br2N4O2S. The average Bonchev–Trinajstić information content (AvgIpc) is 2.35. The van der Waals surface area contributed by atoms with Gasteiger partial charge in [-0.3, -0.25) is 4.72 Å². The summed E-state index contributed by atoms with van der Waals surface area (Å²) in [5.41, 5.74) is 5.94. The van der Waals surface area contributed by atoms with Gasteiger partial charge in [0.1, 0.15) is 9.50 Å². The Morgan fingerprint density at radius 2 is 1.89 bits per heavy atom. The Balaban J connectivity index is 2.37. The van der Waals surface area contributed by atoms with Gasteiger partial charge in [0.15, 0.2) is 5.82 Å². The minimum absolute atomic E-state index is 0.0391. The minimum Gasteiger partial charge on any atom is -0.399 e. The molecule has 0 atom stereocenters. The normalized spacial score (nSPS) is 11.3. The van der Waals surface area contributed by atoms with E-state index >= 15 is 0 Å². The lowest BCUT2D eigenvalue weighted by Gasteiger charge is -2.09. The van der Waals surface area contributed by atoms with Gasteiger partial charge in [0.2, 0.25) is 0 Å². The number of hydrogen-bond donors (Lipinski definition) is 2. The van der Waals surface area contributed by atoms with E-state index in [0.29, 0.717) is 14.8 Å². The summed E-state index contributed by atoms with van der Waals surface area (Å²) in [5, 5.41) is 0. The predicted octanol–water partition coefficient (Wildman–Crippen LogP) is 2.38. The van der Waals surface area contributed by atoms with E-state index in [9.17, 15) is 8.42 Å². The molecule has 0 amide bonds. The van der Waals surface area contributed by atoms with Crippen molar-refractivity contribution < 1.29 is 8.42 Å². The second-order valence-electron chi connectivity index (χ2n) is 3.52. The summed E-state index contributed by atoms with van der Waals surface area (Å²) in [4.78, 5) is 7.82. The SMILES string of the molecule is Nc1ccc(Br)c(S(=O)(=O)Nc2cnc(Br)cn2)c1. The van der Waals surface area contributed by atoms with Gasteiger partial charge in [0.25, 0.3) is 10.0 Å². The third-order valence-corrected chi connectivity index (χ3v) is 4.86. The maximum atomic E-state index is 12.2. The highest BCUT2D eigenvalue weighted by Gasteiger charge is 2.18. The Morgan fingerprint density at radius 1 is 1.16 bits per heavy atom. The molecule has 0 fully saturated rings. The highest BCUT2D eigenvalue weighted by molar-refractivity contribution is 9.10. The fourth-order valence-electron chi connectivity index (χ4n) is 1.28. The molecule has 1 aromatic carbocycles. The summed E-state index contributed by atoms with van der Waals surface area (Å²) in [6.07, 6.45) is 2.70. The van der Waals surface area contributed by atoms with Crippen LogP contribution in [0.2, 0.25) is 0 Å². The number of aromatic nitrogens is 2. The van der Waals surface area contributed by atoms with Gasteiger partial charge in [-0.15, -0.1) is 0 Å². The fraction of sp³-hybridized carbons (Fsp3) is 0. The van der Waals surface area contributed by atoms with E-state index < -0.39 is 10.0 Å². The van der Waals surface area contributed by atoms with Crippen molar-refractivity contribution in [3.8, 4) is 0 Å². The first-order valence-electron chi connectivity index (χ1n) is 4.94. The van der Waals surface area contributed by atoms with Gasteiger partial charge in [0, 0.05) is 10.2 Å². The van der Waals surface area contributed by atoms with Crippen molar-refractivity contribution >= 4 is 53.4 Å². The first-order valence-corrected chi connectivity index (χ1v) is 8.01. The highest BCUT2D eigenvalue weighted by atomic mass is 79.9. The molecule has 1 aromatic heterocycles. The lowest BCUT2D eigenvalue weighted by Crippen LogP contribution is -2.15. The zero-order valence-corrected chi connectivity index (χ0v) is 13.3. The van der Waals surface area contributed by atoms with Crippen molar-refractivity contribution in [2.45, 2.75) is 4.90 Å². The molecular weight excluding hydrogens is 400 g/mol. The van der Waals surface area contributed by atoms with Crippen LogP contribution >= 0.6 is 31.9 Å². The van der Waals surface area contributed by atoms with Crippen LogP contribution in [0.1, 0.15) is 0 Å². The van der Waals surface area contributed by atoms with Crippen molar-refractivity contribution in [2.75, 3.05) is 10.5 Å². The molecule has 0 saturated heterocycles. The van der Waals surface area contributed by atoms with E-state index in [2.05, 4.69) is 46.5 Å².